The van der Waals surface area contributed by atoms with Gasteiger partial charge in [-0.1, -0.05) is 30.3 Å². The van der Waals surface area contributed by atoms with Crippen LogP contribution in [0.15, 0.2) is 63.1 Å². The minimum absolute atomic E-state index is 0.272. The lowest BCUT2D eigenvalue weighted by Gasteiger charge is -2.25. The molecule has 1 fully saturated rings. The van der Waals surface area contributed by atoms with Crippen molar-refractivity contribution in [3.63, 3.8) is 0 Å². The second-order valence-electron chi connectivity index (χ2n) is 6.78. The minimum Gasteiger partial charge on any atom is -0.411 e. The number of hydrogen-bond acceptors (Lipinski definition) is 6. The van der Waals surface area contributed by atoms with Crippen LogP contribution in [-0.4, -0.2) is 36.0 Å². The van der Waals surface area contributed by atoms with Crippen LogP contribution < -0.4 is 0 Å². The van der Waals surface area contributed by atoms with Crippen molar-refractivity contribution in [1.29, 1.82) is 0 Å². The molecule has 0 N–H and O–H groups in total. The van der Waals surface area contributed by atoms with E-state index in [0.717, 1.165) is 24.8 Å². The van der Waals surface area contributed by atoms with E-state index in [-0.39, 0.29) is 10.7 Å². The van der Waals surface area contributed by atoms with Crippen molar-refractivity contribution in [2.75, 3.05) is 13.1 Å². The molecule has 0 spiro atoms. The molecule has 0 amide bonds. The van der Waals surface area contributed by atoms with Crippen LogP contribution in [0.1, 0.15) is 24.8 Å². The molecule has 6 nitrogen and oxygen atoms in total. The van der Waals surface area contributed by atoms with E-state index in [2.05, 4.69) is 10.2 Å². The van der Waals surface area contributed by atoms with E-state index in [1.165, 1.54) is 23.9 Å². The molecule has 2 heterocycles. The van der Waals surface area contributed by atoms with Crippen molar-refractivity contribution in [2.24, 2.45) is 0 Å². The molecule has 3 aromatic rings. The van der Waals surface area contributed by atoms with Crippen molar-refractivity contribution in [2.45, 2.75) is 35.1 Å². The summed E-state index contributed by atoms with van der Waals surface area (Å²) in [5.74, 6) is 0.632. The van der Waals surface area contributed by atoms with Gasteiger partial charge in [-0.2, -0.15) is 4.31 Å². The number of sulfonamides is 1. The van der Waals surface area contributed by atoms with E-state index in [9.17, 15) is 12.8 Å². The van der Waals surface area contributed by atoms with Gasteiger partial charge in [-0.05, 0) is 54.8 Å². The fraction of sp³-hybridized carbons (Fsp3) is 0.300. The topological polar surface area (TPSA) is 76.3 Å². The number of aromatic nitrogens is 2. The zero-order chi connectivity index (χ0) is 20.3. The summed E-state index contributed by atoms with van der Waals surface area (Å²) in [5.41, 5.74) is 1.60. The highest BCUT2D eigenvalue weighted by molar-refractivity contribution is 7.98. The summed E-state index contributed by atoms with van der Waals surface area (Å²) in [5, 5.41) is 8.45. The molecule has 1 aliphatic heterocycles. The quantitative estimate of drug-likeness (QED) is 0.538. The molecule has 0 atom stereocenters. The van der Waals surface area contributed by atoms with Crippen LogP contribution in [0.25, 0.3) is 11.5 Å². The standard InChI is InChI=1S/C20H20FN3O3S2/c21-17-8-4-15(5-9-17)14-28-20-23-22-19(27-20)16-6-10-18(11-7-16)29(25,26)24-12-2-1-3-13-24/h4-11H,1-3,12-14H2. The van der Waals surface area contributed by atoms with Crippen LogP contribution in [0.2, 0.25) is 0 Å². The van der Waals surface area contributed by atoms with Gasteiger partial charge in [0.1, 0.15) is 5.82 Å². The van der Waals surface area contributed by atoms with Crippen LogP contribution in [0.4, 0.5) is 4.39 Å². The van der Waals surface area contributed by atoms with Crippen molar-refractivity contribution < 1.29 is 17.2 Å². The summed E-state index contributed by atoms with van der Waals surface area (Å²) >= 11 is 1.36. The Hall–Kier alpha value is -2.23. The number of benzene rings is 2. The summed E-state index contributed by atoms with van der Waals surface area (Å²) in [6, 6.07) is 12.8. The SMILES string of the molecule is O=S(=O)(c1ccc(-c2nnc(SCc3ccc(F)cc3)o2)cc1)N1CCCCC1. The normalized spacial score (nSPS) is 15.5. The molecule has 2 aromatic carbocycles. The second kappa shape index (κ2) is 8.64. The summed E-state index contributed by atoms with van der Waals surface area (Å²) in [6.45, 7) is 1.14. The van der Waals surface area contributed by atoms with Gasteiger partial charge in [-0.25, -0.2) is 12.8 Å². The maximum atomic E-state index is 13.0. The lowest BCUT2D eigenvalue weighted by atomic mass is 10.2. The molecular formula is C20H20FN3O3S2. The predicted octanol–water partition coefficient (Wildman–Crippen LogP) is 4.34. The van der Waals surface area contributed by atoms with E-state index in [4.69, 9.17) is 4.42 Å². The lowest BCUT2D eigenvalue weighted by Crippen LogP contribution is -2.35. The van der Waals surface area contributed by atoms with E-state index < -0.39 is 10.0 Å². The number of rotatable bonds is 6. The number of halogens is 1. The molecule has 9 heteroatoms. The molecule has 1 aliphatic rings. The van der Waals surface area contributed by atoms with Crippen LogP contribution >= 0.6 is 11.8 Å². The minimum atomic E-state index is -3.46. The lowest BCUT2D eigenvalue weighted by molar-refractivity contribution is 0.346. The molecule has 152 valence electrons. The van der Waals surface area contributed by atoms with E-state index >= 15 is 0 Å². The summed E-state index contributed by atoms with van der Waals surface area (Å²) in [4.78, 5) is 0.272. The van der Waals surface area contributed by atoms with Crippen LogP contribution in [-0.2, 0) is 15.8 Å². The Morgan fingerprint density at radius 1 is 0.966 bits per heavy atom. The molecule has 0 bridgehead atoms. The summed E-state index contributed by atoms with van der Waals surface area (Å²) in [6.07, 6.45) is 2.87. The molecule has 1 saturated heterocycles. The van der Waals surface area contributed by atoms with Gasteiger partial charge in [0.2, 0.25) is 15.9 Å². The average molecular weight is 434 g/mol. The van der Waals surface area contributed by atoms with Gasteiger partial charge in [0, 0.05) is 24.4 Å². The molecular weight excluding hydrogens is 413 g/mol. The van der Waals surface area contributed by atoms with Gasteiger partial charge in [0.15, 0.2) is 0 Å². The molecule has 4 rings (SSSR count). The molecule has 0 saturated carbocycles. The largest absolute Gasteiger partial charge is 0.411 e. The maximum absolute atomic E-state index is 13.0. The first kappa shape index (κ1) is 20.1. The molecule has 1 aromatic heterocycles. The van der Waals surface area contributed by atoms with Gasteiger partial charge < -0.3 is 4.42 Å². The first-order valence-corrected chi connectivity index (χ1v) is 11.8. The third-order valence-corrected chi connectivity index (χ3v) is 7.54. The number of nitrogens with zero attached hydrogens (tertiary/aromatic N) is 3. The number of hydrogen-bond donors (Lipinski definition) is 0. The Balaban J connectivity index is 1.43. The van der Waals surface area contributed by atoms with Crippen molar-refractivity contribution in [3.8, 4) is 11.5 Å². The number of piperidine rings is 1. The maximum Gasteiger partial charge on any atom is 0.277 e. The summed E-state index contributed by atoms with van der Waals surface area (Å²) in [7, 11) is -3.46. The smallest absolute Gasteiger partial charge is 0.277 e. The summed E-state index contributed by atoms with van der Waals surface area (Å²) < 4.78 is 45.6. The van der Waals surface area contributed by atoms with Crippen LogP contribution in [0, 0.1) is 5.82 Å². The Labute approximate surface area is 173 Å². The molecule has 29 heavy (non-hydrogen) atoms. The first-order chi connectivity index (χ1) is 14.0. The molecule has 0 aliphatic carbocycles. The van der Waals surface area contributed by atoms with Gasteiger partial charge in [-0.3, -0.25) is 0 Å². The van der Waals surface area contributed by atoms with Gasteiger partial charge in [-0.15, -0.1) is 10.2 Å². The van der Waals surface area contributed by atoms with E-state index in [1.54, 1.807) is 40.7 Å². The molecule has 0 unspecified atom stereocenters. The monoisotopic (exact) mass is 433 g/mol. The zero-order valence-electron chi connectivity index (χ0n) is 15.6. The van der Waals surface area contributed by atoms with Crippen LogP contribution in [0.5, 0.6) is 0 Å². The first-order valence-electron chi connectivity index (χ1n) is 9.34. The Bertz CT molecular complexity index is 1060. The highest BCUT2D eigenvalue weighted by Gasteiger charge is 2.25. The highest BCUT2D eigenvalue weighted by Crippen LogP contribution is 2.27. The van der Waals surface area contributed by atoms with Gasteiger partial charge >= 0.3 is 0 Å². The predicted molar refractivity (Wildman–Crippen MR) is 108 cm³/mol. The Morgan fingerprint density at radius 2 is 1.66 bits per heavy atom. The fourth-order valence-electron chi connectivity index (χ4n) is 3.13. The van der Waals surface area contributed by atoms with Crippen molar-refractivity contribution in [1.82, 2.24) is 14.5 Å². The Morgan fingerprint density at radius 3 is 2.34 bits per heavy atom. The fourth-order valence-corrected chi connectivity index (χ4v) is 5.37. The van der Waals surface area contributed by atoms with Crippen molar-refractivity contribution in [3.05, 3.63) is 59.9 Å². The Kier molecular flexibility index (Phi) is 5.98. The van der Waals surface area contributed by atoms with Crippen LogP contribution in [0.3, 0.4) is 0 Å². The van der Waals surface area contributed by atoms with Crippen molar-refractivity contribution >= 4 is 21.8 Å². The molecule has 0 radical (unpaired) electrons. The van der Waals surface area contributed by atoms with E-state index in [1.807, 2.05) is 0 Å². The van der Waals surface area contributed by atoms with Gasteiger partial charge in [0.05, 0.1) is 4.90 Å². The average Bonchev–Trinajstić information content (AvgIpc) is 3.23. The number of thioether (sulfide) groups is 1. The third-order valence-electron chi connectivity index (χ3n) is 4.74. The van der Waals surface area contributed by atoms with E-state index in [0.29, 0.717) is 35.5 Å². The van der Waals surface area contributed by atoms with Gasteiger partial charge in [0.25, 0.3) is 5.22 Å². The zero-order valence-corrected chi connectivity index (χ0v) is 17.3. The highest BCUT2D eigenvalue weighted by atomic mass is 32.2. The third kappa shape index (κ3) is 4.68. The second-order valence-corrected chi connectivity index (χ2v) is 9.64.